The summed E-state index contributed by atoms with van der Waals surface area (Å²) in [5.41, 5.74) is 10.3. The molecule has 5 atom stereocenters. The molecular formula is C22H25N3O5. The highest BCUT2D eigenvalue weighted by molar-refractivity contribution is 5.71. The van der Waals surface area contributed by atoms with Crippen LogP contribution >= 0.6 is 0 Å². The van der Waals surface area contributed by atoms with Gasteiger partial charge in [0.2, 0.25) is 11.8 Å². The highest BCUT2D eigenvalue weighted by Gasteiger charge is 2.43. The van der Waals surface area contributed by atoms with Crippen LogP contribution in [0.2, 0.25) is 0 Å². The van der Waals surface area contributed by atoms with Gasteiger partial charge in [0.05, 0.1) is 18.8 Å². The Labute approximate surface area is 173 Å². The van der Waals surface area contributed by atoms with Crippen molar-refractivity contribution in [3.8, 4) is 22.6 Å². The summed E-state index contributed by atoms with van der Waals surface area (Å²) in [6.07, 6.45) is -3.93. The maximum Gasteiger partial charge on any atom is 0.247 e. The molecule has 4 rings (SSSR count). The van der Waals surface area contributed by atoms with E-state index in [9.17, 15) is 15.3 Å². The van der Waals surface area contributed by atoms with Crippen molar-refractivity contribution < 1.29 is 24.5 Å². The van der Waals surface area contributed by atoms with E-state index in [0.29, 0.717) is 17.3 Å². The van der Waals surface area contributed by atoms with Gasteiger partial charge in [-0.3, -0.25) is 0 Å². The smallest absolute Gasteiger partial charge is 0.247 e. The van der Waals surface area contributed by atoms with Gasteiger partial charge in [-0.25, -0.2) is 0 Å². The van der Waals surface area contributed by atoms with Gasteiger partial charge in [0.25, 0.3) is 0 Å². The van der Waals surface area contributed by atoms with E-state index in [-0.39, 0.29) is 6.61 Å². The van der Waals surface area contributed by atoms with Crippen molar-refractivity contribution in [2.75, 3.05) is 6.61 Å². The normalized spacial score (nSPS) is 26.7. The van der Waals surface area contributed by atoms with E-state index < -0.39 is 30.5 Å². The number of nitrogens with zero attached hydrogens (tertiary/aromatic N) is 2. The third-order valence-electron chi connectivity index (χ3n) is 5.51. The predicted molar refractivity (Wildman–Crippen MR) is 109 cm³/mol. The lowest BCUT2D eigenvalue weighted by Gasteiger charge is -2.41. The molecule has 30 heavy (non-hydrogen) atoms. The summed E-state index contributed by atoms with van der Waals surface area (Å²) in [6, 6.07) is 12.6. The largest absolute Gasteiger partial charge is 0.421 e. The highest BCUT2D eigenvalue weighted by atomic mass is 16.5. The van der Waals surface area contributed by atoms with Crippen molar-refractivity contribution in [3.05, 3.63) is 59.5 Å². The summed E-state index contributed by atoms with van der Waals surface area (Å²) in [7, 11) is 0. The SMILES string of the molecule is Cc1nnc(-c2ccc(-c3cccc([C@H]4O[C@H](CO)[C@@H](N)[C@H](O)[C@@H]4O)c3)c(C)c2)o1. The maximum atomic E-state index is 10.5. The molecule has 0 aliphatic carbocycles. The number of ether oxygens (including phenoxy) is 1. The van der Waals surface area contributed by atoms with Gasteiger partial charge in [-0.2, -0.15) is 0 Å². The number of nitrogens with two attached hydrogens (primary N) is 1. The second kappa shape index (κ2) is 8.25. The van der Waals surface area contributed by atoms with Crippen LogP contribution in [0, 0.1) is 13.8 Å². The number of aryl methyl sites for hydroxylation is 2. The van der Waals surface area contributed by atoms with Crippen molar-refractivity contribution in [2.45, 2.75) is 44.3 Å². The van der Waals surface area contributed by atoms with Crippen LogP contribution in [-0.2, 0) is 4.74 Å². The first kappa shape index (κ1) is 20.6. The number of aliphatic hydroxyl groups excluding tert-OH is 3. The van der Waals surface area contributed by atoms with Crippen LogP contribution in [0.1, 0.15) is 23.1 Å². The second-order valence-corrected chi connectivity index (χ2v) is 7.62. The van der Waals surface area contributed by atoms with E-state index in [2.05, 4.69) is 10.2 Å². The number of hydrogen-bond acceptors (Lipinski definition) is 8. The lowest BCUT2D eigenvalue weighted by Crippen LogP contribution is -2.59. The number of hydrogen-bond donors (Lipinski definition) is 4. The van der Waals surface area contributed by atoms with E-state index in [4.69, 9.17) is 14.9 Å². The zero-order valence-electron chi connectivity index (χ0n) is 16.8. The monoisotopic (exact) mass is 411 g/mol. The van der Waals surface area contributed by atoms with Gasteiger partial charge in [0.15, 0.2) is 0 Å². The molecule has 0 saturated carbocycles. The van der Waals surface area contributed by atoms with Gasteiger partial charge < -0.3 is 30.2 Å². The van der Waals surface area contributed by atoms with E-state index in [1.165, 1.54) is 0 Å². The molecule has 0 amide bonds. The van der Waals surface area contributed by atoms with Crippen molar-refractivity contribution in [1.29, 1.82) is 0 Å². The number of benzene rings is 2. The molecule has 1 aromatic heterocycles. The van der Waals surface area contributed by atoms with Crippen LogP contribution in [0.25, 0.3) is 22.6 Å². The minimum absolute atomic E-state index is 0.336. The molecule has 3 aromatic rings. The molecular weight excluding hydrogens is 386 g/mol. The van der Waals surface area contributed by atoms with Gasteiger partial charge >= 0.3 is 0 Å². The molecule has 0 unspecified atom stereocenters. The fraction of sp³-hybridized carbons (Fsp3) is 0.364. The standard InChI is InChI=1S/C22H25N3O5/c1-11-8-15(22-25-24-12(2)29-22)6-7-16(11)13-4-3-5-14(9-13)21-20(28)19(27)18(23)17(10-26)30-21/h3-9,17-21,26-28H,10,23H2,1-2H3/t17-,18-,19+,20+,21-/m1/s1. The van der Waals surface area contributed by atoms with Gasteiger partial charge in [0.1, 0.15) is 18.3 Å². The van der Waals surface area contributed by atoms with Crippen LogP contribution in [0.5, 0.6) is 0 Å². The molecule has 1 saturated heterocycles. The minimum Gasteiger partial charge on any atom is -0.421 e. The molecule has 2 heterocycles. The quantitative estimate of drug-likeness (QED) is 0.507. The zero-order chi connectivity index (χ0) is 21.4. The van der Waals surface area contributed by atoms with Crippen molar-refractivity contribution >= 4 is 0 Å². The van der Waals surface area contributed by atoms with E-state index in [1.54, 1.807) is 6.92 Å². The molecule has 158 valence electrons. The topological polar surface area (TPSA) is 135 Å². The van der Waals surface area contributed by atoms with E-state index in [1.807, 2.05) is 49.4 Å². The Bertz CT molecular complexity index is 1040. The third kappa shape index (κ3) is 3.76. The summed E-state index contributed by atoms with van der Waals surface area (Å²) < 4.78 is 11.3. The molecule has 0 bridgehead atoms. The van der Waals surface area contributed by atoms with Crippen LogP contribution in [-0.4, -0.2) is 56.5 Å². The lowest BCUT2D eigenvalue weighted by molar-refractivity contribution is -0.189. The summed E-state index contributed by atoms with van der Waals surface area (Å²) in [5.74, 6) is 0.976. The summed E-state index contributed by atoms with van der Waals surface area (Å²) in [5, 5.41) is 38.2. The Morgan fingerprint density at radius 3 is 2.47 bits per heavy atom. The summed E-state index contributed by atoms with van der Waals surface area (Å²) >= 11 is 0. The molecule has 8 nitrogen and oxygen atoms in total. The molecule has 5 N–H and O–H groups in total. The van der Waals surface area contributed by atoms with Gasteiger partial charge in [0, 0.05) is 12.5 Å². The van der Waals surface area contributed by atoms with Crippen LogP contribution in [0.15, 0.2) is 46.9 Å². The predicted octanol–water partition coefficient (Wildman–Crippen LogP) is 1.50. The molecule has 1 aliphatic rings. The van der Waals surface area contributed by atoms with E-state index in [0.717, 1.165) is 22.3 Å². The molecule has 0 spiro atoms. The van der Waals surface area contributed by atoms with Gasteiger partial charge in [-0.1, -0.05) is 24.3 Å². The van der Waals surface area contributed by atoms with Crippen LogP contribution < -0.4 is 5.73 Å². The second-order valence-electron chi connectivity index (χ2n) is 7.62. The summed E-state index contributed by atoms with van der Waals surface area (Å²) in [6.45, 7) is 3.40. The van der Waals surface area contributed by atoms with Crippen LogP contribution in [0.3, 0.4) is 0 Å². The molecule has 1 fully saturated rings. The first-order valence-electron chi connectivity index (χ1n) is 9.78. The Kier molecular flexibility index (Phi) is 5.68. The molecule has 8 heteroatoms. The lowest BCUT2D eigenvalue weighted by atomic mass is 9.88. The maximum absolute atomic E-state index is 10.5. The number of rotatable bonds is 4. The van der Waals surface area contributed by atoms with Crippen molar-refractivity contribution in [1.82, 2.24) is 10.2 Å². The Hall–Kier alpha value is -2.62. The van der Waals surface area contributed by atoms with Crippen molar-refractivity contribution in [2.24, 2.45) is 5.73 Å². The molecule has 2 aromatic carbocycles. The van der Waals surface area contributed by atoms with Crippen LogP contribution in [0.4, 0.5) is 0 Å². The average Bonchev–Trinajstić information content (AvgIpc) is 3.18. The fourth-order valence-corrected chi connectivity index (χ4v) is 3.84. The fourth-order valence-electron chi connectivity index (χ4n) is 3.84. The van der Waals surface area contributed by atoms with Gasteiger partial charge in [-0.15, -0.1) is 10.2 Å². The van der Waals surface area contributed by atoms with Gasteiger partial charge in [-0.05, 0) is 47.4 Å². The third-order valence-corrected chi connectivity index (χ3v) is 5.51. The Balaban J connectivity index is 1.65. The van der Waals surface area contributed by atoms with E-state index >= 15 is 0 Å². The first-order valence-corrected chi connectivity index (χ1v) is 9.78. The Morgan fingerprint density at radius 1 is 1.00 bits per heavy atom. The first-order chi connectivity index (χ1) is 14.4. The van der Waals surface area contributed by atoms with Crippen molar-refractivity contribution in [3.63, 3.8) is 0 Å². The number of aliphatic hydroxyl groups is 3. The minimum atomic E-state index is -1.19. The zero-order valence-corrected chi connectivity index (χ0v) is 16.8. The Morgan fingerprint density at radius 2 is 1.80 bits per heavy atom. The molecule has 1 aliphatic heterocycles. The molecule has 0 radical (unpaired) electrons. The number of aromatic nitrogens is 2. The highest BCUT2D eigenvalue weighted by Crippen LogP contribution is 2.35. The average molecular weight is 411 g/mol. The summed E-state index contributed by atoms with van der Waals surface area (Å²) in [4.78, 5) is 0.